The van der Waals surface area contributed by atoms with Crippen molar-refractivity contribution in [1.29, 1.82) is 0 Å². The van der Waals surface area contributed by atoms with Gasteiger partial charge in [-0.2, -0.15) is 0 Å². The van der Waals surface area contributed by atoms with E-state index >= 15 is 0 Å². The fourth-order valence-corrected chi connectivity index (χ4v) is 2.55. The van der Waals surface area contributed by atoms with Gasteiger partial charge in [-0.15, -0.1) is 0 Å². The molecule has 5 heteroatoms. The monoisotopic (exact) mass is 306 g/mol. The molecule has 0 spiro atoms. The van der Waals surface area contributed by atoms with Crippen molar-refractivity contribution in [1.82, 2.24) is 10.2 Å². The van der Waals surface area contributed by atoms with Crippen LogP contribution in [0.15, 0.2) is 18.2 Å². The first-order valence-corrected chi connectivity index (χ1v) is 8.08. The maximum atomic E-state index is 11.9. The molecule has 0 aliphatic carbocycles. The summed E-state index contributed by atoms with van der Waals surface area (Å²) in [6.07, 6.45) is 0.895. The maximum absolute atomic E-state index is 11.9. The largest absolute Gasteiger partial charge is 0.486 e. The van der Waals surface area contributed by atoms with Gasteiger partial charge in [0.2, 0.25) is 0 Å². The molecule has 0 saturated carbocycles. The van der Waals surface area contributed by atoms with Crippen molar-refractivity contribution in [2.45, 2.75) is 33.1 Å². The number of carbonyl (C=O) groups excluding carboxylic acids is 1. The summed E-state index contributed by atoms with van der Waals surface area (Å²) in [6, 6.07) is 6.10. The average molecular weight is 306 g/mol. The van der Waals surface area contributed by atoms with E-state index in [4.69, 9.17) is 9.47 Å². The van der Waals surface area contributed by atoms with Crippen molar-refractivity contribution in [2.75, 3.05) is 32.8 Å². The van der Waals surface area contributed by atoms with E-state index < -0.39 is 0 Å². The normalized spacial score (nSPS) is 14.3. The van der Waals surface area contributed by atoms with Crippen LogP contribution in [0.4, 0.5) is 4.79 Å². The molecule has 1 aliphatic heterocycles. The van der Waals surface area contributed by atoms with Crippen LogP contribution in [0.3, 0.4) is 0 Å². The Morgan fingerprint density at radius 2 is 1.91 bits per heavy atom. The molecule has 0 fully saturated rings. The first kappa shape index (κ1) is 16.5. The highest BCUT2D eigenvalue weighted by Crippen LogP contribution is 2.33. The molecule has 1 aromatic carbocycles. The average Bonchev–Trinajstić information content (AvgIpc) is 2.55. The molecule has 122 valence electrons. The number of fused-ring (bicyclic) bond motifs is 1. The van der Waals surface area contributed by atoms with E-state index in [1.54, 1.807) is 4.90 Å². The van der Waals surface area contributed by atoms with Gasteiger partial charge in [0.05, 0.1) is 0 Å². The Balaban J connectivity index is 1.84. The lowest BCUT2D eigenvalue weighted by atomic mass is 9.97. The number of urea groups is 1. The van der Waals surface area contributed by atoms with E-state index in [0.717, 1.165) is 31.0 Å². The number of carbonyl (C=O) groups is 1. The van der Waals surface area contributed by atoms with Crippen LogP contribution in [0.2, 0.25) is 0 Å². The third kappa shape index (κ3) is 4.06. The quantitative estimate of drug-likeness (QED) is 0.879. The Bertz CT molecular complexity index is 501. The summed E-state index contributed by atoms with van der Waals surface area (Å²) in [5.41, 5.74) is 1.21. The maximum Gasteiger partial charge on any atom is 0.317 e. The van der Waals surface area contributed by atoms with Crippen molar-refractivity contribution < 1.29 is 14.3 Å². The Morgan fingerprint density at radius 1 is 1.23 bits per heavy atom. The predicted octanol–water partition coefficient (Wildman–Crippen LogP) is 3.00. The molecule has 1 heterocycles. The number of hydrogen-bond donors (Lipinski definition) is 1. The van der Waals surface area contributed by atoms with Gasteiger partial charge >= 0.3 is 6.03 Å². The number of ether oxygens (including phenoxy) is 2. The minimum atomic E-state index is 0.0133. The third-order valence-corrected chi connectivity index (χ3v) is 4.04. The van der Waals surface area contributed by atoms with Gasteiger partial charge in [-0.1, -0.05) is 13.0 Å². The number of benzene rings is 1. The highest BCUT2D eigenvalue weighted by molar-refractivity contribution is 5.74. The highest BCUT2D eigenvalue weighted by Gasteiger charge is 2.15. The summed E-state index contributed by atoms with van der Waals surface area (Å²) >= 11 is 0. The lowest BCUT2D eigenvalue weighted by Crippen LogP contribution is -2.40. The Labute approximate surface area is 132 Å². The van der Waals surface area contributed by atoms with Gasteiger partial charge in [-0.25, -0.2) is 4.79 Å². The Hall–Kier alpha value is -1.91. The van der Waals surface area contributed by atoms with Crippen LogP contribution in [0.5, 0.6) is 11.5 Å². The van der Waals surface area contributed by atoms with Gasteiger partial charge in [-0.3, -0.25) is 0 Å². The van der Waals surface area contributed by atoms with Crippen molar-refractivity contribution in [2.24, 2.45) is 0 Å². The molecule has 22 heavy (non-hydrogen) atoms. The summed E-state index contributed by atoms with van der Waals surface area (Å²) in [7, 11) is 0. The van der Waals surface area contributed by atoms with Gasteiger partial charge in [0.1, 0.15) is 13.2 Å². The van der Waals surface area contributed by atoms with Crippen molar-refractivity contribution >= 4 is 6.03 Å². The number of amides is 2. The number of hydrogen-bond acceptors (Lipinski definition) is 3. The fraction of sp³-hybridized carbons (Fsp3) is 0.588. The molecule has 1 atom stereocenters. The van der Waals surface area contributed by atoms with Gasteiger partial charge in [-0.05, 0) is 43.9 Å². The lowest BCUT2D eigenvalue weighted by molar-refractivity contribution is 0.171. The van der Waals surface area contributed by atoms with Crippen molar-refractivity contribution in [3.63, 3.8) is 0 Å². The lowest BCUT2D eigenvalue weighted by Gasteiger charge is -2.22. The van der Waals surface area contributed by atoms with Gasteiger partial charge < -0.3 is 19.7 Å². The molecule has 2 amide bonds. The molecule has 0 radical (unpaired) electrons. The minimum Gasteiger partial charge on any atom is -0.486 e. The molecule has 1 aliphatic rings. The zero-order valence-electron chi connectivity index (χ0n) is 13.7. The van der Waals surface area contributed by atoms with Crippen molar-refractivity contribution in [3.05, 3.63) is 23.8 Å². The predicted molar refractivity (Wildman–Crippen MR) is 86.8 cm³/mol. The molecule has 5 nitrogen and oxygen atoms in total. The van der Waals surface area contributed by atoms with E-state index in [0.29, 0.717) is 25.7 Å². The fourth-order valence-electron chi connectivity index (χ4n) is 2.55. The van der Waals surface area contributed by atoms with E-state index in [1.165, 1.54) is 5.56 Å². The van der Waals surface area contributed by atoms with Crippen LogP contribution < -0.4 is 14.8 Å². The Morgan fingerprint density at radius 3 is 2.59 bits per heavy atom. The molecular weight excluding hydrogens is 280 g/mol. The van der Waals surface area contributed by atoms with Gasteiger partial charge in [0.15, 0.2) is 11.5 Å². The van der Waals surface area contributed by atoms with Crippen LogP contribution in [-0.2, 0) is 0 Å². The van der Waals surface area contributed by atoms with E-state index in [-0.39, 0.29) is 6.03 Å². The molecular formula is C17H26N2O3. The molecule has 0 aromatic heterocycles. The third-order valence-electron chi connectivity index (χ3n) is 4.04. The second-order valence-electron chi connectivity index (χ2n) is 5.50. The van der Waals surface area contributed by atoms with E-state index in [2.05, 4.69) is 18.3 Å². The zero-order valence-corrected chi connectivity index (χ0v) is 13.7. The number of rotatable bonds is 6. The summed E-state index contributed by atoms with van der Waals surface area (Å²) in [4.78, 5) is 13.7. The molecule has 1 N–H and O–H groups in total. The first-order chi connectivity index (χ1) is 10.7. The summed E-state index contributed by atoms with van der Waals surface area (Å²) in [5.74, 6) is 1.99. The summed E-state index contributed by atoms with van der Waals surface area (Å²) in [5, 5.41) is 2.98. The van der Waals surface area contributed by atoms with E-state index in [9.17, 15) is 4.79 Å². The molecule has 2 rings (SSSR count). The summed E-state index contributed by atoms with van der Waals surface area (Å²) in [6.45, 7) is 9.49. The molecule has 0 bridgehead atoms. The van der Waals surface area contributed by atoms with Crippen LogP contribution >= 0.6 is 0 Å². The van der Waals surface area contributed by atoms with Crippen LogP contribution in [0.1, 0.15) is 38.7 Å². The van der Waals surface area contributed by atoms with Crippen LogP contribution in [0.25, 0.3) is 0 Å². The van der Waals surface area contributed by atoms with Gasteiger partial charge in [0, 0.05) is 19.6 Å². The topological polar surface area (TPSA) is 50.8 Å². The first-order valence-electron chi connectivity index (χ1n) is 8.08. The van der Waals surface area contributed by atoms with Gasteiger partial charge in [0.25, 0.3) is 0 Å². The second-order valence-corrected chi connectivity index (χ2v) is 5.50. The molecule has 0 saturated heterocycles. The smallest absolute Gasteiger partial charge is 0.317 e. The molecule has 1 aromatic rings. The number of nitrogens with zero attached hydrogens (tertiary/aromatic N) is 1. The Kier molecular flexibility index (Phi) is 5.92. The summed E-state index contributed by atoms with van der Waals surface area (Å²) < 4.78 is 11.2. The van der Waals surface area contributed by atoms with Crippen LogP contribution in [-0.4, -0.2) is 43.8 Å². The second kappa shape index (κ2) is 7.92. The molecule has 1 unspecified atom stereocenters. The van der Waals surface area contributed by atoms with Crippen LogP contribution in [0, 0.1) is 0 Å². The SMILES string of the molecule is CCN(CC)C(=O)NCCC(C)c1ccc2c(c1)OCCO2. The zero-order chi connectivity index (χ0) is 15.9. The number of nitrogens with one attached hydrogen (secondary N) is 1. The van der Waals surface area contributed by atoms with Crippen molar-refractivity contribution in [3.8, 4) is 11.5 Å². The standard InChI is InChI=1S/C17H26N2O3/c1-4-19(5-2)17(20)18-9-8-13(3)14-6-7-15-16(12-14)22-11-10-21-15/h6-7,12-13H,4-5,8-11H2,1-3H3,(H,18,20). The van der Waals surface area contributed by atoms with E-state index in [1.807, 2.05) is 26.0 Å². The minimum absolute atomic E-state index is 0.0133. The highest BCUT2D eigenvalue weighted by atomic mass is 16.6.